The van der Waals surface area contributed by atoms with Gasteiger partial charge in [-0.15, -0.1) is 0 Å². The van der Waals surface area contributed by atoms with Gasteiger partial charge in [-0.1, -0.05) is 19.3 Å². The molecule has 1 aliphatic heterocycles. The van der Waals surface area contributed by atoms with E-state index in [1.54, 1.807) is 10.7 Å². The van der Waals surface area contributed by atoms with Gasteiger partial charge in [-0.25, -0.2) is 8.42 Å². The lowest BCUT2D eigenvalue weighted by molar-refractivity contribution is -0.134. The molecule has 25 heavy (non-hydrogen) atoms. The van der Waals surface area contributed by atoms with Crippen molar-refractivity contribution in [2.24, 2.45) is 5.92 Å². The second kappa shape index (κ2) is 7.45. The fourth-order valence-electron chi connectivity index (χ4n) is 3.80. The number of nitrogens with zero attached hydrogens (tertiary/aromatic N) is 3. The second-order valence-corrected chi connectivity index (χ2v) is 9.60. The first kappa shape index (κ1) is 18.4. The number of sulfone groups is 1. The summed E-state index contributed by atoms with van der Waals surface area (Å²) in [5.41, 5.74) is 1.22. The lowest BCUT2D eigenvalue weighted by Crippen LogP contribution is -2.39. The van der Waals surface area contributed by atoms with Crippen LogP contribution < -0.4 is 0 Å². The second-order valence-electron chi connectivity index (χ2n) is 7.42. The minimum Gasteiger partial charge on any atom is -0.386 e. The summed E-state index contributed by atoms with van der Waals surface area (Å²) in [5.74, 6) is 0.367. The molecule has 0 aromatic carbocycles. The molecule has 1 fully saturated rings. The topological polar surface area (TPSA) is 92.5 Å². The molecule has 1 aliphatic carbocycles. The molecule has 1 aromatic heterocycles. The van der Waals surface area contributed by atoms with Gasteiger partial charge in [0.15, 0.2) is 0 Å². The van der Waals surface area contributed by atoms with Crippen LogP contribution in [0, 0.1) is 5.92 Å². The van der Waals surface area contributed by atoms with Crippen molar-refractivity contribution in [3.05, 3.63) is 17.5 Å². The van der Waals surface area contributed by atoms with Gasteiger partial charge in [0.25, 0.3) is 0 Å². The predicted octanol–water partition coefficient (Wildman–Crippen LogP) is 1.27. The Balaban J connectivity index is 1.62. The summed E-state index contributed by atoms with van der Waals surface area (Å²) in [6, 6.07) is 1.72. The van der Waals surface area contributed by atoms with Gasteiger partial charge in [0.05, 0.1) is 30.2 Å². The van der Waals surface area contributed by atoms with E-state index in [2.05, 4.69) is 5.10 Å². The Morgan fingerprint density at radius 3 is 2.72 bits per heavy atom. The van der Waals surface area contributed by atoms with Gasteiger partial charge in [-0.2, -0.15) is 5.10 Å². The molecule has 140 valence electrons. The molecule has 0 bridgehead atoms. The molecular formula is C17H27N3O4S. The third kappa shape index (κ3) is 4.82. The zero-order chi connectivity index (χ0) is 18.0. The van der Waals surface area contributed by atoms with Crippen molar-refractivity contribution >= 4 is 15.7 Å². The molecule has 1 amide bonds. The maximum atomic E-state index is 12.6. The molecule has 1 aromatic rings. The van der Waals surface area contributed by atoms with E-state index in [9.17, 15) is 18.3 Å². The molecule has 1 saturated carbocycles. The molecular weight excluding hydrogens is 342 g/mol. The molecule has 2 heterocycles. The van der Waals surface area contributed by atoms with Gasteiger partial charge >= 0.3 is 0 Å². The van der Waals surface area contributed by atoms with Crippen molar-refractivity contribution < 1.29 is 18.3 Å². The molecule has 0 radical (unpaired) electrons. The van der Waals surface area contributed by atoms with Crippen LogP contribution in [0.2, 0.25) is 0 Å². The van der Waals surface area contributed by atoms with Gasteiger partial charge in [-0.05, 0) is 24.8 Å². The molecule has 1 atom stereocenters. The Morgan fingerprint density at radius 1 is 1.32 bits per heavy atom. The molecule has 8 heteroatoms. The van der Waals surface area contributed by atoms with E-state index < -0.39 is 15.9 Å². The monoisotopic (exact) mass is 369 g/mol. The number of rotatable bonds is 5. The third-order valence-corrected chi connectivity index (χ3v) is 6.08. The zero-order valence-corrected chi connectivity index (χ0v) is 15.5. The highest BCUT2D eigenvalue weighted by atomic mass is 32.2. The average molecular weight is 369 g/mol. The van der Waals surface area contributed by atoms with E-state index in [4.69, 9.17) is 0 Å². The van der Waals surface area contributed by atoms with Crippen LogP contribution >= 0.6 is 0 Å². The highest BCUT2D eigenvalue weighted by Gasteiger charge is 2.27. The largest absolute Gasteiger partial charge is 0.386 e. The van der Waals surface area contributed by atoms with Crippen molar-refractivity contribution in [2.45, 2.75) is 57.7 Å². The summed E-state index contributed by atoms with van der Waals surface area (Å²) in [5, 5.41) is 14.4. The summed E-state index contributed by atoms with van der Waals surface area (Å²) < 4.78 is 24.5. The number of carbonyl (C=O) groups excluding carboxylic acids is 1. The summed E-state index contributed by atoms with van der Waals surface area (Å²) in [6.45, 7) is 1.67. The van der Waals surface area contributed by atoms with Gasteiger partial charge in [0, 0.05) is 19.2 Å². The average Bonchev–Trinajstić information content (AvgIpc) is 2.97. The van der Waals surface area contributed by atoms with Crippen LogP contribution in [-0.2, 0) is 27.7 Å². The number of hydrogen-bond acceptors (Lipinski definition) is 5. The van der Waals surface area contributed by atoms with Crippen molar-refractivity contribution in [1.29, 1.82) is 0 Å². The van der Waals surface area contributed by atoms with Crippen LogP contribution in [0.15, 0.2) is 6.07 Å². The number of amides is 1. The number of aliphatic hydroxyl groups excluding tert-OH is 1. The lowest BCUT2D eigenvalue weighted by atomic mass is 9.86. The van der Waals surface area contributed by atoms with Crippen LogP contribution in [0.1, 0.15) is 56.0 Å². The number of fused-ring (bicyclic) bond motifs is 1. The van der Waals surface area contributed by atoms with Gasteiger partial charge in [-0.3, -0.25) is 9.48 Å². The van der Waals surface area contributed by atoms with Crippen LogP contribution in [0.5, 0.6) is 0 Å². The minimum absolute atomic E-state index is 0.192. The summed E-state index contributed by atoms with van der Waals surface area (Å²) in [4.78, 5) is 14.4. The van der Waals surface area contributed by atoms with E-state index in [0.717, 1.165) is 24.8 Å². The van der Waals surface area contributed by atoms with Crippen molar-refractivity contribution in [3.8, 4) is 0 Å². The van der Waals surface area contributed by atoms with E-state index in [-0.39, 0.29) is 11.7 Å². The SMILES string of the molecule is CS(=O)(=O)C[C@@H](O)c1cc2n(n1)CCN(C(=O)CC1CCCCC1)C2. The van der Waals surface area contributed by atoms with E-state index >= 15 is 0 Å². The van der Waals surface area contributed by atoms with Crippen molar-refractivity contribution in [2.75, 3.05) is 18.6 Å². The first-order valence-corrected chi connectivity index (χ1v) is 11.1. The Hall–Kier alpha value is -1.41. The molecule has 1 N–H and O–H groups in total. The Morgan fingerprint density at radius 2 is 2.04 bits per heavy atom. The van der Waals surface area contributed by atoms with Gasteiger partial charge < -0.3 is 10.0 Å². The molecule has 3 rings (SSSR count). The summed E-state index contributed by atoms with van der Waals surface area (Å²) >= 11 is 0. The van der Waals surface area contributed by atoms with Crippen LogP contribution in [0.3, 0.4) is 0 Å². The van der Waals surface area contributed by atoms with E-state index in [0.29, 0.717) is 37.7 Å². The first-order valence-electron chi connectivity index (χ1n) is 9.02. The lowest BCUT2D eigenvalue weighted by Gasteiger charge is -2.30. The number of aliphatic hydroxyl groups is 1. The molecule has 2 aliphatic rings. The van der Waals surface area contributed by atoms with Crippen LogP contribution in [-0.4, -0.2) is 52.7 Å². The Labute approximate surface area is 148 Å². The molecule has 0 saturated heterocycles. The maximum Gasteiger partial charge on any atom is 0.223 e. The molecule has 0 spiro atoms. The zero-order valence-electron chi connectivity index (χ0n) is 14.7. The standard InChI is InChI=1S/C17H27N3O4S/c1-25(23,24)12-16(21)15-10-14-11-19(7-8-20(14)18-15)17(22)9-13-5-3-2-4-6-13/h10,13,16,21H,2-9,11-12H2,1H3/t16-/m1/s1. The number of aromatic nitrogens is 2. The third-order valence-electron chi connectivity index (χ3n) is 5.16. The van der Waals surface area contributed by atoms with Crippen molar-refractivity contribution in [3.63, 3.8) is 0 Å². The van der Waals surface area contributed by atoms with Crippen LogP contribution in [0.25, 0.3) is 0 Å². The fourth-order valence-corrected chi connectivity index (χ4v) is 4.55. The summed E-state index contributed by atoms with van der Waals surface area (Å²) in [7, 11) is -3.28. The number of hydrogen-bond donors (Lipinski definition) is 1. The quantitative estimate of drug-likeness (QED) is 0.844. The Kier molecular flexibility index (Phi) is 5.48. The van der Waals surface area contributed by atoms with E-state index in [1.807, 2.05) is 4.90 Å². The molecule has 0 unspecified atom stereocenters. The van der Waals surface area contributed by atoms with Crippen molar-refractivity contribution in [1.82, 2.24) is 14.7 Å². The smallest absolute Gasteiger partial charge is 0.223 e. The fraction of sp³-hybridized carbons (Fsp3) is 0.765. The van der Waals surface area contributed by atoms with Gasteiger partial charge in [0.1, 0.15) is 15.9 Å². The highest BCUT2D eigenvalue weighted by molar-refractivity contribution is 7.90. The number of carbonyl (C=O) groups is 1. The van der Waals surface area contributed by atoms with Gasteiger partial charge in [0.2, 0.25) is 5.91 Å². The summed E-state index contributed by atoms with van der Waals surface area (Å²) in [6.07, 6.45) is 6.64. The minimum atomic E-state index is -3.28. The highest BCUT2D eigenvalue weighted by Crippen LogP contribution is 2.28. The molecule has 7 nitrogen and oxygen atoms in total. The maximum absolute atomic E-state index is 12.6. The van der Waals surface area contributed by atoms with E-state index in [1.165, 1.54) is 19.3 Å². The first-order chi connectivity index (χ1) is 11.8. The van der Waals surface area contributed by atoms with Crippen LogP contribution in [0.4, 0.5) is 0 Å². The normalized spacial score (nSPS) is 20.3. The Bertz CT molecular complexity index is 722. The predicted molar refractivity (Wildman–Crippen MR) is 93.5 cm³/mol.